The van der Waals surface area contributed by atoms with Gasteiger partial charge in [-0.25, -0.2) is 0 Å². The van der Waals surface area contributed by atoms with Crippen LogP contribution in [0.4, 0.5) is 8.78 Å². The van der Waals surface area contributed by atoms with E-state index in [1.54, 1.807) is 12.1 Å². The summed E-state index contributed by atoms with van der Waals surface area (Å²) in [4.78, 5) is 10.9. The molecule has 2 aliphatic heterocycles. The minimum absolute atomic E-state index is 0.0463. The highest BCUT2D eigenvalue weighted by Gasteiger charge is 2.42. The number of hydrogen-bond acceptors (Lipinski definition) is 5. The Hall–Kier alpha value is -3.09. The number of benzene rings is 2. The predicted molar refractivity (Wildman–Crippen MR) is 145 cm³/mol. The lowest BCUT2D eigenvalue weighted by Gasteiger charge is -2.29. The molecule has 39 heavy (non-hydrogen) atoms. The van der Waals surface area contributed by atoms with Crippen LogP contribution in [-0.4, -0.2) is 31.7 Å². The van der Waals surface area contributed by atoms with Crippen molar-refractivity contribution in [2.75, 3.05) is 13.2 Å². The molecule has 0 N–H and O–H groups in total. The first-order valence-corrected chi connectivity index (χ1v) is 14.3. The molecule has 6 rings (SSSR count). The van der Waals surface area contributed by atoms with E-state index < -0.39 is 5.82 Å². The highest BCUT2D eigenvalue weighted by molar-refractivity contribution is 5.55. The third kappa shape index (κ3) is 5.37. The van der Waals surface area contributed by atoms with Crippen LogP contribution in [0.3, 0.4) is 0 Å². The van der Waals surface area contributed by atoms with Crippen molar-refractivity contribution >= 4 is 6.29 Å². The van der Waals surface area contributed by atoms with Crippen LogP contribution < -0.4 is 18.9 Å². The van der Waals surface area contributed by atoms with Gasteiger partial charge in [0.25, 0.3) is 0 Å². The average molecular weight is 541 g/mol. The summed E-state index contributed by atoms with van der Waals surface area (Å²) in [6.07, 6.45) is 11.0. The zero-order chi connectivity index (χ0) is 27.5. The molecule has 0 radical (unpaired) electrons. The number of fused-ring (bicyclic) bond motifs is 6. The van der Waals surface area contributed by atoms with Crippen LogP contribution in [0, 0.1) is 23.5 Å². The maximum atomic E-state index is 14.4. The van der Waals surface area contributed by atoms with Gasteiger partial charge in [-0.1, -0.05) is 24.3 Å². The molecule has 0 bridgehead atoms. The van der Waals surface area contributed by atoms with Crippen LogP contribution in [0.25, 0.3) is 0 Å². The van der Waals surface area contributed by atoms with Crippen molar-refractivity contribution in [2.24, 2.45) is 11.8 Å². The van der Waals surface area contributed by atoms with E-state index in [-0.39, 0.29) is 35.6 Å². The molecular formula is C32H38F2O5. The maximum absolute atomic E-state index is 14.4. The fourth-order valence-corrected chi connectivity index (χ4v) is 6.63. The second-order valence-electron chi connectivity index (χ2n) is 10.8. The number of ether oxygens (including phenoxy) is 4. The number of aldehydes is 1. The maximum Gasteiger partial charge on any atom is 0.207 e. The number of carbonyl (C=O) groups is 1. The fraction of sp³-hybridized carbons (Fsp3) is 0.531. The zero-order valence-corrected chi connectivity index (χ0v) is 23.0. The van der Waals surface area contributed by atoms with Crippen LogP contribution in [0.1, 0.15) is 82.3 Å². The van der Waals surface area contributed by atoms with Gasteiger partial charge in [0.1, 0.15) is 18.5 Å². The van der Waals surface area contributed by atoms with E-state index in [4.69, 9.17) is 18.9 Å². The molecule has 5 nitrogen and oxygen atoms in total. The standard InChI is InChI=1S/C17H21FO2.C15H17FO3/c1-3-5-11-6-7-12-13-8-9-14(19-4-2)16(18)17(13)20-15(12)10-11;1-2-18-12-6-5-11-10-4-3-9(8-17)7-13(10)19-15(11)14(12)16/h3,5,8-9,11-12,15H,4,6-7,10H2,1-2H3;5-6,8-10,13H,2-4,7H2,1H3/t11-,12+,15?;9?,10-,13?/m10/s1. The van der Waals surface area contributed by atoms with Crippen molar-refractivity contribution in [3.8, 4) is 23.0 Å². The Morgan fingerprint density at radius 2 is 1.28 bits per heavy atom. The molecule has 2 aliphatic carbocycles. The minimum Gasteiger partial charge on any atom is -0.491 e. The smallest absolute Gasteiger partial charge is 0.207 e. The molecule has 0 spiro atoms. The third-order valence-corrected chi connectivity index (χ3v) is 8.44. The molecule has 6 atom stereocenters. The first kappa shape index (κ1) is 27.5. The van der Waals surface area contributed by atoms with E-state index in [0.29, 0.717) is 48.7 Å². The molecule has 2 heterocycles. The van der Waals surface area contributed by atoms with Gasteiger partial charge in [-0.15, -0.1) is 0 Å². The Kier molecular flexibility index (Phi) is 8.43. The second kappa shape index (κ2) is 12.0. The number of halogens is 2. The second-order valence-corrected chi connectivity index (χ2v) is 10.8. The Labute approximate surface area is 229 Å². The summed E-state index contributed by atoms with van der Waals surface area (Å²) < 4.78 is 50.9. The average Bonchev–Trinajstić information content (AvgIpc) is 3.51. The van der Waals surface area contributed by atoms with Gasteiger partial charge >= 0.3 is 0 Å². The summed E-state index contributed by atoms with van der Waals surface area (Å²) in [5.74, 6) is 1.72. The van der Waals surface area contributed by atoms with Gasteiger partial charge < -0.3 is 23.7 Å². The van der Waals surface area contributed by atoms with E-state index >= 15 is 0 Å². The summed E-state index contributed by atoms with van der Waals surface area (Å²) in [7, 11) is 0. The molecule has 0 saturated heterocycles. The van der Waals surface area contributed by atoms with Crippen LogP contribution in [0.2, 0.25) is 0 Å². The SMILES string of the molecule is CC=C[C@@H]1CC[C@H]2c3ccc(OCC)c(F)c3OC2C1.CCOc1ccc2c(c1F)OC1CC(C=O)CC[C@@H]21. The minimum atomic E-state index is -0.406. The lowest BCUT2D eigenvalue weighted by Crippen LogP contribution is -2.28. The Bertz CT molecular complexity index is 1210. The summed E-state index contributed by atoms with van der Waals surface area (Å²) in [5, 5.41) is 0. The van der Waals surface area contributed by atoms with E-state index in [0.717, 1.165) is 49.5 Å². The lowest BCUT2D eigenvalue weighted by molar-refractivity contribution is -0.112. The van der Waals surface area contributed by atoms with Crippen molar-refractivity contribution in [1.29, 1.82) is 0 Å². The Balaban J connectivity index is 0.000000158. The van der Waals surface area contributed by atoms with E-state index in [1.807, 2.05) is 32.9 Å². The van der Waals surface area contributed by atoms with Gasteiger partial charge in [-0.3, -0.25) is 0 Å². The van der Waals surface area contributed by atoms with Crippen LogP contribution >= 0.6 is 0 Å². The fourth-order valence-electron chi connectivity index (χ4n) is 6.63. The summed E-state index contributed by atoms with van der Waals surface area (Å²) in [5.41, 5.74) is 1.95. The van der Waals surface area contributed by atoms with Gasteiger partial charge in [-0.2, -0.15) is 8.78 Å². The molecule has 2 aromatic carbocycles. The first-order chi connectivity index (χ1) is 19.0. The van der Waals surface area contributed by atoms with Crippen LogP contribution in [-0.2, 0) is 4.79 Å². The normalized spacial score (nSPS) is 28.1. The van der Waals surface area contributed by atoms with Crippen molar-refractivity contribution in [1.82, 2.24) is 0 Å². The third-order valence-electron chi connectivity index (χ3n) is 8.44. The van der Waals surface area contributed by atoms with Crippen LogP contribution in [0.5, 0.6) is 23.0 Å². The van der Waals surface area contributed by atoms with Crippen molar-refractivity contribution < 1.29 is 32.5 Å². The summed E-state index contributed by atoms with van der Waals surface area (Å²) in [6.45, 7) is 6.61. The summed E-state index contributed by atoms with van der Waals surface area (Å²) >= 11 is 0. The van der Waals surface area contributed by atoms with Gasteiger partial charge in [-0.05, 0) is 77.3 Å². The van der Waals surface area contributed by atoms with E-state index in [2.05, 4.69) is 12.2 Å². The molecule has 210 valence electrons. The van der Waals surface area contributed by atoms with Crippen molar-refractivity contribution in [3.05, 3.63) is 59.2 Å². The number of carbonyl (C=O) groups excluding carboxylic acids is 1. The number of rotatable bonds is 6. The largest absolute Gasteiger partial charge is 0.491 e. The van der Waals surface area contributed by atoms with Gasteiger partial charge in [0, 0.05) is 28.9 Å². The molecule has 2 saturated carbocycles. The quantitative estimate of drug-likeness (QED) is 0.280. The number of hydrogen-bond donors (Lipinski definition) is 0. The zero-order valence-electron chi connectivity index (χ0n) is 23.0. The van der Waals surface area contributed by atoms with E-state index in [1.165, 1.54) is 0 Å². The topological polar surface area (TPSA) is 54.0 Å². The molecule has 7 heteroatoms. The molecule has 2 fully saturated rings. The predicted octanol–water partition coefficient (Wildman–Crippen LogP) is 7.51. The molecule has 2 aromatic rings. The highest BCUT2D eigenvalue weighted by atomic mass is 19.1. The molecule has 0 aromatic heterocycles. The number of allylic oxidation sites excluding steroid dienone is 2. The van der Waals surface area contributed by atoms with Gasteiger partial charge in [0.05, 0.1) is 13.2 Å². The molecular weight excluding hydrogens is 502 g/mol. The summed E-state index contributed by atoms with van der Waals surface area (Å²) in [6, 6.07) is 7.29. The van der Waals surface area contributed by atoms with Gasteiger partial charge in [0.15, 0.2) is 23.0 Å². The van der Waals surface area contributed by atoms with Crippen LogP contribution in [0.15, 0.2) is 36.4 Å². The Morgan fingerprint density at radius 3 is 1.74 bits per heavy atom. The monoisotopic (exact) mass is 540 g/mol. The van der Waals surface area contributed by atoms with Crippen molar-refractivity contribution in [2.45, 2.75) is 83.3 Å². The molecule has 3 unspecified atom stereocenters. The highest BCUT2D eigenvalue weighted by Crippen LogP contribution is 2.50. The molecule has 4 aliphatic rings. The Morgan fingerprint density at radius 1 is 0.795 bits per heavy atom. The van der Waals surface area contributed by atoms with E-state index in [9.17, 15) is 13.6 Å². The molecule has 0 amide bonds. The van der Waals surface area contributed by atoms with Gasteiger partial charge in [0.2, 0.25) is 11.6 Å². The lowest BCUT2D eigenvalue weighted by atomic mass is 9.78. The van der Waals surface area contributed by atoms with Crippen molar-refractivity contribution in [3.63, 3.8) is 0 Å². The first-order valence-electron chi connectivity index (χ1n) is 14.3.